The number of nitrogens with zero attached hydrogens (tertiary/aromatic N) is 2. The first-order valence-corrected chi connectivity index (χ1v) is 9.19. The number of anilines is 1. The van der Waals surface area contributed by atoms with Crippen LogP contribution in [0.5, 0.6) is 0 Å². The van der Waals surface area contributed by atoms with Crippen molar-refractivity contribution < 1.29 is 4.79 Å². The highest BCUT2D eigenvalue weighted by Gasteiger charge is 2.29. The van der Waals surface area contributed by atoms with Gasteiger partial charge in [0.2, 0.25) is 5.91 Å². The van der Waals surface area contributed by atoms with Gasteiger partial charge in [0, 0.05) is 51.0 Å². The van der Waals surface area contributed by atoms with Crippen LogP contribution in [-0.2, 0) is 4.79 Å². The van der Waals surface area contributed by atoms with Gasteiger partial charge in [-0.05, 0) is 30.0 Å². The molecule has 2 aliphatic heterocycles. The zero-order valence-electron chi connectivity index (χ0n) is 14.9. The fraction of sp³-hybridized carbons (Fsp3) is 0.632. The van der Waals surface area contributed by atoms with Gasteiger partial charge in [0.05, 0.1) is 6.54 Å². The molecule has 2 fully saturated rings. The SMILES string of the molecule is CC(C)c1cccc(NC(=O)CN2CCC(N3CCNCC3)C2)c1. The molecule has 1 aromatic carbocycles. The predicted octanol–water partition coefficient (Wildman–Crippen LogP) is 1.73. The largest absolute Gasteiger partial charge is 0.325 e. The number of benzene rings is 1. The summed E-state index contributed by atoms with van der Waals surface area (Å²) in [7, 11) is 0. The van der Waals surface area contributed by atoms with Crippen molar-refractivity contribution in [3.05, 3.63) is 29.8 Å². The third-order valence-corrected chi connectivity index (χ3v) is 5.12. The maximum Gasteiger partial charge on any atom is 0.238 e. The van der Waals surface area contributed by atoms with Gasteiger partial charge in [0.1, 0.15) is 0 Å². The van der Waals surface area contributed by atoms with E-state index in [9.17, 15) is 4.79 Å². The van der Waals surface area contributed by atoms with Gasteiger partial charge in [-0.3, -0.25) is 14.6 Å². The quantitative estimate of drug-likeness (QED) is 0.863. The Kier molecular flexibility index (Phi) is 5.87. The number of amides is 1. The number of rotatable bonds is 5. The molecule has 1 aromatic rings. The molecule has 24 heavy (non-hydrogen) atoms. The van der Waals surface area contributed by atoms with Crippen LogP contribution in [0.25, 0.3) is 0 Å². The number of likely N-dealkylation sites (tertiary alicyclic amines) is 1. The molecule has 1 amide bonds. The van der Waals surface area contributed by atoms with Crippen LogP contribution in [0.2, 0.25) is 0 Å². The van der Waals surface area contributed by atoms with Crippen LogP contribution in [0, 0.1) is 0 Å². The Labute approximate surface area is 145 Å². The van der Waals surface area contributed by atoms with Crippen LogP contribution in [-0.4, -0.2) is 67.6 Å². The molecule has 132 valence electrons. The van der Waals surface area contributed by atoms with Gasteiger partial charge in [-0.1, -0.05) is 26.0 Å². The Bertz CT molecular complexity index is 554. The van der Waals surface area contributed by atoms with Crippen LogP contribution < -0.4 is 10.6 Å². The maximum atomic E-state index is 12.4. The second-order valence-corrected chi connectivity index (χ2v) is 7.29. The number of hydrogen-bond acceptors (Lipinski definition) is 4. The van der Waals surface area contributed by atoms with Gasteiger partial charge in [-0.25, -0.2) is 0 Å². The van der Waals surface area contributed by atoms with Gasteiger partial charge >= 0.3 is 0 Å². The highest BCUT2D eigenvalue weighted by molar-refractivity contribution is 5.92. The van der Waals surface area contributed by atoms with Gasteiger partial charge in [0.25, 0.3) is 0 Å². The Morgan fingerprint density at radius 1 is 1.29 bits per heavy atom. The van der Waals surface area contributed by atoms with E-state index in [1.165, 1.54) is 12.0 Å². The topological polar surface area (TPSA) is 47.6 Å². The first-order valence-electron chi connectivity index (χ1n) is 9.19. The number of carbonyl (C=O) groups excluding carboxylic acids is 1. The molecule has 0 aliphatic carbocycles. The lowest BCUT2D eigenvalue weighted by molar-refractivity contribution is -0.117. The zero-order chi connectivity index (χ0) is 16.9. The molecular weight excluding hydrogens is 300 g/mol. The predicted molar refractivity (Wildman–Crippen MR) is 98.4 cm³/mol. The molecular formula is C19H30N4O. The molecule has 0 bridgehead atoms. The van der Waals surface area contributed by atoms with E-state index in [1.54, 1.807) is 0 Å². The summed E-state index contributed by atoms with van der Waals surface area (Å²) in [5.74, 6) is 0.567. The minimum absolute atomic E-state index is 0.0943. The van der Waals surface area contributed by atoms with Crippen LogP contribution in [0.3, 0.4) is 0 Å². The summed E-state index contributed by atoms with van der Waals surface area (Å²) in [6.07, 6.45) is 1.18. The lowest BCUT2D eigenvalue weighted by Crippen LogP contribution is -2.49. The molecule has 0 spiro atoms. The summed E-state index contributed by atoms with van der Waals surface area (Å²) < 4.78 is 0. The Morgan fingerprint density at radius 2 is 2.08 bits per heavy atom. The average Bonchev–Trinajstić information content (AvgIpc) is 3.04. The lowest BCUT2D eigenvalue weighted by Gasteiger charge is -2.32. The van der Waals surface area contributed by atoms with E-state index < -0.39 is 0 Å². The van der Waals surface area contributed by atoms with Crippen molar-refractivity contribution >= 4 is 11.6 Å². The summed E-state index contributed by atoms with van der Waals surface area (Å²) in [4.78, 5) is 17.2. The van der Waals surface area contributed by atoms with Crippen molar-refractivity contribution in [3.8, 4) is 0 Å². The summed E-state index contributed by atoms with van der Waals surface area (Å²) in [6.45, 7) is 11.3. The van der Waals surface area contributed by atoms with Crippen molar-refractivity contribution in [1.82, 2.24) is 15.1 Å². The Hall–Kier alpha value is -1.43. The maximum absolute atomic E-state index is 12.4. The molecule has 2 heterocycles. The van der Waals surface area contributed by atoms with Crippen LogP contribution >= 0.6 is 0 Å². The van der Waals surface area contributed by atoms with Crippen LogP contribution in [0.4, 0.5) is 5.69 Å². The normalized spacial score (nSPS) is 22.9. The molecule has 1 unspecified atom stereocenters. The molecule has 2 N–H and O–H groups in total. The van der Waals surface area contributed by atoms with Gasteiger partial charge in [0.15, 0.2) is 0 Å². The lowest BCUT2D eigenvalue weighted by atomic mass is 10.0. The van der Waals surface area contributed by atoms with Crippen LogP contribution in [0.1, 0.15) is 31.7 Å². The molecule has 2 aliphatic rings. The Balaban J connectivity index is 1.48. The fourth-order valence-electron chi connectivity index (χ4n) is 3.68. The van der Waals surface area contributed by atoms with E-state index >= 15 is 0 Å². The summed E-state index contributed by atoms with van der Waals surface area (Å²) in [5.41, 5.74) is 2.16. The first kappa shape index (κ1) is 17.4. The second kappa shape index (κ2) is 8.10. The summed E-state index contributed by atoms with van der Waals surface area (Å²) in [6, 6.07) is 8.79. The smallest absolute Gasteiger partial charge is 0.238 e. The van der Waals surface area contributed by atoms with E-state index in [2.05, 4.69) is 46.4 Å². The molecule has 0 saturated carbocycles. The van der Waals surface area contributed by atoms with E-state index in [0.717, 1.165) is 45.0 Å². The monoisotopic (exact) mass is 330 g/mol. The average molecular weight is 330 g/mol. The van der Waals surface area contributed by atoms with E-state index in [1.807, 2.05) is 12.1 Å². The number of nitrogens with one attached hydrogen (secondary N) is 2. The minimum Gasteiger partial charge on any atom is -0.325 e. The molecule has 2 saturated heterocycles. The Morgan fingerprint density at radius 3 is 2.83 bits per heavy atom. The van der Waals surface area contributed by atoms with Gasteiger partial charge in [-0.2, -0.15) is 0 Å². The van der Waals surface area contributed by atoms with Crippen molar-refractivity contribution in [2.75, 3.05) is 51.1 Å². The van der Waals surface area contributed by atoms with E-state index in [4.69, 9.17) is 0 Å². The number of hydrogen-bond donors (Lipinski definition) is 2. The van der Waals surface area contributed by atoms with Crippen molar-refractivity contribution in [3.63, 3.8) is 0 Å². The number of piperazine rings is 1. The molecule has 0 aromatic heterocycles. The fourth-order valence-corrected chi connectivity index (χ4v) is 3.68. The summed E-state index contributed by atoms with van der Waals surface area (Å²) in [5, 5.41) is 6.46. The first-order chi connectivity index (χ1) is 11.6. The minimum atomic E-state index is 0.0943. The number of carbonyl (C=O) groups is 1. The van der Waals surface area contributed by atoms with E-state index in [0.29, 0.717) is 18.5 Å². The second-order valence-electron chi connectivity index (χ2n) is 7.29. The van der Waals surface area contributed by atoms with Gasteiger partial charge in [-0.15, -0.1) is 0 Å². The molecule has 5 nitrogen and oxygen atoms in total. The van der Waals surface area contributed by atoms with Crippen LogP contribution in [0.15, 0.2) is 24.3 Å². The standard InChI is InChI=1S/C19H30N4O/c1-15(2)16-4-3-5-17(12-16)21-19(24)14-22-9-6-18(13-22)23-10-7-20-8-11-23/h3-5,12,15,18,20H,6-11,13-14H2,1-2H3,(H,21,24). The molecule has 3 rings (SSSR count). The van der Waals surface area contributed by atoms with Crippen molar-refractivity contribution in [2.45, 2.75) is 32.2 Å². The van der Waals surface area contributed by atoms with E-state index in [-0.39, 0.29) is 5.91 Å². The van der Waals surface area contributed by atoms with Crippen molar-refractivity contribution in [2.24, 2.45) is 0 Å². The highest BCUT2D eigenvalue weighted by Crippen LogP contribution is 2.19. The third-order valence-electron chi connectivity index (χ3n) is 5.12. The van der Waals surface area contributed by atoms with Gasteiger partial charge < -0.3 is 10.6 Å². The zero-order valence-corrected chi connectivity index (χ0v) is 14.9. The summed E-state index contributed by atoms with van der Waals surface area (Å²) >= 11 is 0. The third kappa shape index (κ3) is 4.56. The molecule has 1 atom stereocenters. The molecule has 0 radical (unpaired) electrons. The molecule has 5 heteroatoms. The highest BCUT2D eigenvalue weighted by atomic mass is 16.2. The van der Waals surface area contributed by atoms with Crippen molar-refractivity contribution in [1.29, 1.82) is 0 Å².